The van der Waals surface area contributed by atoms with Gasteiger partial charge in [-0.05, 0) is 56.5 Å². The van der Waals surface area contributed by atoms with Crippen LogP contribution in [0.1, 0.15) is 41.3 Å². The molecule has 0 spiro atoms. The Balaban J connectivity index is 1.63. The number of furan rings is 1. The molecule has 0 bridgehead atoms. The molecule has 6 heteroatoms. The maximum absolute atomic E-state index is 12.6. The van der Waals surface area contributed by atoms with Crippen LogP contribution in [0.2, 0.25) is 0 Å². The number of benzene rings is 1. The standard InChI is InChI=1S/C19H24N2O4/c1-4-21(9-18(22)23)14-7-13(8-14)20-19(24)16-10-25-17-6-12(3)11(2)5-15(16)17/h5-6,10,13-14H,4,7-9H2,1-3H3,(H,20,24)(H,22,23). The van der Waals surface area contributed by atoms with E-state index in [4.69, 9.17) is 9.52 Å². The molecule has 1 aromatic carbocycles. The number of likely N-dealkylation sites (N-methyl/N-ethyl adjacent to an activating group) is 1. The molecule has 1 heterocycles. The Bertz CT molecular complexity index is 805. The van der Waals surface area contributed by atoms with Crippen LogP contribution >= 0.6 is 0 Å². The Morgan fingerprint density at radius 2 is 1.96 bits per heavy atom. The summed E-state index contributed by atoms with van der Waals surface area (Å²) in [5, 5.41) is 12.8. The third-order valence-corrected chi connectivity index (χ3v) is 5.14. The number of hydrogen-bond donors (Lipinski definition) is 2. The fraction of sp³-hybridized carbons (Fsp3) is 0.474. The Hall–Kier alpha value is -2.34. The van der Waals surface area contributed by atoms with Crippen LogP contribution in [0.3, 0.4) is 0 Å². The van der Waals surface area contributed by atoms with Crippen molar-refractivity contribution in [2.75, 3.05) is 13.1 Å². The van der Waals surface area contributed by atoms with Crippen molar-refractivity contribution < 1.29 is 19.1 Å². The van der Waals surface area contributed by atoms with Crippen molar-refractivity contribution in [3.8, 4) is 0 Å². The molecule has 1 saturated carbocycles. The Morgan fingerprint density at radius 3 is 2.60 bits per heavy atom. The van der Waals surface area contributed by atoms with E-state index in [0.29, 0.717) is 12.1 Å². The molecular formula is C19H24N2O4. The quantitative estimate of drug-likeness (QED) is 0.842. The highest BCUT2D eigenvalue weighted by Gasteiger charge is 2.35. The molecule has 1 fully saturated rings. The fourth-order valence-corrected chi connectivity index (χ4v) is 3.40. The number of fused-ring (bicyclic) bond motifs is 1. The van der Waals surface area contributed by atoms with Crippen LogP contribution < -0.4 is 5.32 Å². The van der Waals surface area contributed by atoms with E-state index in [0.717, 1.165) is 34.9 Å². The van der Waals surface area contributed by atoms with E-state index in [2.05, 4.69) is 5.32 Å². The number of carbonyl (C=O) groups excluding carboxylic acids is 1. The molecule has 0 radical (unpaired) electrons. The molecule has 6 nitrogen and oxygen atoms in total. The number of nitrogens with zero attached hydrogens (tertiary/aromatic N) is 1. The molecule has 1 amide bonds. The predicted octanol–water partition coefficient (Wildman–Crippen LogP) is 2.72. The molecule has 0 saturated heterocycles. The van der Waals surface area contributed by atoms with Gasteiger partial charge in [0.1, 0.15) is 11.8 Å². The second-order valence-electron chi connectivity index (χ2n) is 6.83. The smallest absolute Gasteiger partial charge is 0.317 e. The van der Waals surface area contributed by atoms with Gasteiger partial charge in [-0.2, -0.15) is 0 Å². The first-order chi connectivity index (χ1) is 11.9. The zero-order valence-electron chi connectivity index (χ0n) is 14.8. The summed E-state index contributed by atoms with van der Waals surface area (Å²) < 4.78 is 5.53. The zero-order valence-corrected chi connectivity index (χ0v) is 14.8. The first-order valence-corrected chi connectivity index (χ1v) is 8.64. The maximum atomic E-state index is 12.6. The average Bonchev–Trinajstić information content (AvgIpc) is 2.91. The Labute approximate surface area is 146 Å². The minimum atomic E-state index is -0.815. The van der Waals surface area contributed by atoms with Gasteiger partial charge in [0.05, 0.1) is 12.1 Å². The van der Waals surface area contributed by atoms with Crippen LogP contribution in [-0.2, 0) is 4.79 Å². The lowest BCUT2D eigenvalue weighted by atomic mass is 9.85. The molecule has 0 unspecified atom stereocenters. The number of carboxylic acids is 1. The van der Waals surface area contributed by atoms with E-state index in [1.165, 1.54) is 6.26 Å². The zero-order chi connectivity index (χ0) is 18.1. The van der Waals surface area contributed by atoms with E-state index in [1.54, 1.807) is 0 Å². The van der Waals surface area contributed by atoms with Gasteiger partial charge in [-0.25, -0.2) is 0 Å². The highest BCUT2D eigenvalue weighted by atomic mass is 16.4. The second kappa shape index (κ2) is 6.88. The first-order valence-electron chi connectivity index (χ1n) is 8.64. The molecule has 2 N–H and O–H groups in total. The van der Waals surface area contributed by atoms with Crippen molar-refractivity contribution in [1.29, 1.82) is 0 Å². The average molecular weight is 344 g/mol. The predicted molar refractivity (Wildman–Crippen MR) is 94.8 cm³/mol. The van der Waals surface area contributed by atoms with Crippen LogP contribution in [0.25, 0.3) is 11.0 Å². The van der Waals surface area contributed by atoms with Gasteiger partial charge in [0.25, 0.3) is 5.91 Å². The van der Waals surface area contributed by atoms with Gasteiger partial charge >= 0.3 is 5.97 Å². The first kappa shape index (κ1) is 17.5. The van der Waals surface area contributed by atoms with Gasteiger partial charge in [-0.1, -0.05) is 6.92 Å². The highest BCUT2D eigenvalue weighted by molar-refractivity contribution is 6.06. The highest BCUT2D eigenvalue weighted by Crippen LogP contribution is 2.28. The van der Waals surface area contributed by atoms with Crippen LogP contribution in [0, 0.1) is 13.8 Å². The number of carboxylic acid groups (broad SMARTS) is 1. The van der Waals surface area contributed by atoms with Crippen molar-refractivity contribution in [2.24, 2.45) is 0 Å². The number of aryl methyl sites for hydroxylation is 2. The number of amides is 1. The molecule has 2 aromatic rings. The third-order valence-electron chi connectivity index (χ3n) is 5.14. The number of rotatable bonds is 6. The third kappa shape index (κ3) is 3.54. The lowest BCUT2D eigenvalue weighted by molar-refractivity contribution is -0.139. The van der Waals surface area contributed by atoms with Gasteiger partial charge in [0.2, 0.25) is 0 Å². The Morgan fingerprint density at radius 1 is 1.28 bits per heavy atom. The number of carbonyl (C=O) groups is 2. The molecule has 1 aliphatic rings. The van der Waals surface area contributed by atoms with Crippen molar-refractivity contribution in [2.45, 2.75) is 45.7 Å². The van der Waals surface area contributed by atoms with E-state index >= 15 is 0 Å². The largest absolute Gasteiger partial charge is 0.480 e. The van der Waals surface area contributed by atoms with Crippen LogP contribution in [0.4, 0.5) is 0 Å². The Kier molecular flexibility index (Phi) is 4.81. The normalized spacial score (nSPS) is 19.8. The summed E-state index contributed by atoms with van der Waals surface area (Å²) in [7, 11) is 0. The number of nitrogens with one attached hydrogen (secondary N) is 1. The topological polar surface area (TPSA) is 82.8 Å². The van der Waals surface area contributed by atoms with E-state index < -0.39 is 5.97 Å². The summed E-state index contributed by atoms with van der Waals surface area (Å²) >= 11 is 0. The summed E-state index contributed by atoms with van der Waals surface area (Å²) in [6.07, 6.45) is 3.07. The van der Waals surface area contributed by atoms with Crippen molar-refractivity contribution in [3.63, 3.8) is 0 Å². The maximum Gasteiger partial charge on any atom is 0.317 e. The minimum Gasteiger partial charge on any atom is -0.480 e. The number of hydrogen-bond acceptors (Lipinski definition) is 4. The SMILES string of the molecule is CCN(CC(=O)O)C1CC(NC(=O)c2coc3cc(C)c(C)cc23)C1. The minimum absolute atomic E-state index is 0.0484. The summed E-state index contributed by atoms with van der Waals surface area (Å²) in [6, 6.07) is 4.23. The lowest BCUT2D eigenvalue weighted by Crippen LogP contribution is -2.54. The van der Waals surface area contributed by atoms with Crippen LogP contribution in [0.5, 0.6) is 0 Å². The molecular weight excluding hydrogens is 320 g/mol. The summed E-state index contributed by atoms with van der Waals surface area (Å²) in [5.41, 5.74) is 3.53. The van der Waals surface area contributed by atoms with Crippen molar-refractivity contribution >= 4 is 22.8 Å². The van der Waals surface area contributed by atoms with Gasteiger partial charge < -0.3 is 14.8 Å². The van der Waals surface area contributed by atoms with Crippen LogP contribution in [-0.4, -0.2) is 47.1 Å². The van der Waals surface area contributed by atoms with Crippen molar-refractivity contribution in [3.05, 3.63) is 35.1 Å². The summed E-state index contributed by atoms with van der Waals surface area (Å²) in [6.45, 7) is 6.73. The van der Waals surface area contributed by atoms with E-state index in [-0.39, 0.29) is 24.5 Å². The second-order valence-corrected chi connectivity index (χ2v) is 6.83. The molecule has 134 valence electrons. The number of aliphatic carboxylic acids is 1. The molecule has 3 rings (SSSR count). The molecule has 0 aliphatic heterocycles. The van der Waals surface area contributed by atoms with Gasteiger partial charge in [-0.15, -0.1) is 0 Å². The monoisotopic (exact) mass is 344 g/mol. The molecule has 0 atom stereocenters. The lowest BCUT2D eigenvalue weighted by Gasteiger charge is -2.42. The molecule has 1 aliphatic carbocycles. The summed E-state index contributed by atoms with van der Waals surface area (Å²) in [5.74, 6) is -0.948. The molecule has 1 aromatic heterocycles. The van der Waals surface area contributed by atoms with Crippen LogP contribution in [0.15, 0.2) is 22.8 Å². The molecule has 25 heavy (non-hydrogen) atoms. The fourth-order valence-electron chi connectivity index (χ4n) is 3.40. The van der Waals surface area contributed by atoms with Crippen molar-refractivity contribution in [1.82, 2.24) is 10.2 Å². The van der Waals surface area contributed by atoms with Gasteiger partial charge in [0.15, 0.2) is 0 Å². The van der Waals surface area contributed by atoms with Gasteiger partial charge in [-0.3, -0.25) is 14.5 Å². The summed E-state index contributed by atoms with van der Waals surface area (Å²) in [4.78, 5) is 25.4. The van der Waals surface area contributed by atoms with Gasteiger partial charge in [0, 0.05) is 17.5 Å². The van der Waals surface area contributed by atoms with E-state index in [1.807, 2.05) is 37.8 Å². The van der Waals surface area contributed by atoms with E-state index in [9.17, 15) is 9.59 Å².